The quantitative estimate of drug-likeness (QED) is 0.724. The molecule has 116 valence electrons. The van der Waals surface area contributed by atoms with E-state index in [2.05, 4.69) is 43.0 Å². The molecule has 0 bridgehead atoms. The van der Waals surface area contributed by atoms with Crippen molar-refractivity contribution in [2.45, 2.75) is 0 Å². The standard InChI is InChI=1S/C17H16ClN5/c18-15-11-19-4-3-17(15)23-7-5-22(6-8-23)14-1-2-16-13(9-14)10-20-12-21-16/h1-4,9-12H,5-8H2. The zero-order valence-electron chi connectivity index (χ0n) is 12.6. The molecular formula is C17H16ClN5. The second-order valence-electron chi connectivity index (χ2n) is 5.57. The van der Waals surface area contributed by atoms with Crippen molar-refractivity contribution in [2.24, 2.45) is 0 Å². The second-order valence-corrected chi connectivity index (χ2v) is 5.97. The second kappa shape index (κ2) is 6.01. The lowest BCUT2D eigenvalue weighted by Gasteiger charge is -2.37. The van der Waals surface area contributed by atoms with E-state index in [9.17, 15) is 0 Å². The summed E-state index contributed by atoms with van der Waals surface area (Å²) in [6.07, 6.45) is 6.93. The van der Waals surface area contributed by atoms with Crippen LogP contribution in [-0.4, -0.2) is 41.1 Å². The molecule has 23 heavy (non-hydrogen) atoms. The third-order valence-corrected chi connectivity index (χ3v) is 4.52. The van der Waals surface area contributed by atoms with Crippen molar-refractivity contribution >= 4 is 33.9 Å². The molecule has 0 radical (unpaired) electrons. The van der Waals surface area contributed by atoms with E-state index in [4.69, 9.17) is 11.6 Å². The topological polar surface area (TPSA) is 45.2 Å². The number of halogens is 1. The largest absolute Gasteiger partial charge is 0.368 e. The van der Waals surface area contributed by atoms with Crippen LogP contribution in [0.15, 0.2) is 49.2 Å². The predicted molar refractivity (Wildman–Crippen MR) is 93.2 cm³/mol. The Hall–Kier alpha value is -2.40. The van der Waals surface area contributed by atoms with Crippen molar-refractivity contribution in [1.29, 1.82) is 0 Å². The molecule has 0 spiro atoms. The van der Waals surface area contributed by atoms with Gasteiger partial charge < -0.3 is 9.80 Å². The van der Waals surface area contributed by atoms with E-state index in [0.29, 0.717) is 5.02 Å². The zero-order valence-corrected chi connectivity index (χ0v) is 13.3. The number of pyridine rings is 1. The Balaban J connectivity index is 1.51. The molecule has 3 aromatic rings. The summed E-state index contributed by atoms with van der Waals surface area (Å²) in [5.74, 6) is 0. The van der Waals surface area contributed by atoms with Gasteiger partial charge in [0.05, 0.1) is 16.2 Å². The third-order valence-electron chi connectivity index (χ3n) is 4.22. The highest BCUT2D eigenvalue weighted by molar-refractivity contribution is 6.33. The van der Waals surface area contributed by atoms with Crippen LogP contribution in [-0.2, 0) is 0 Å². The number of hydrogen-bond acceptors (Lipinski definition) is 5. The van der Waals surface area contributed by atoms with Gasteiger partial charge in [0.15, 0.2) is 0 Å². The summed E-state index contributed by atoms with van der Waals surface area (Å²) in [4.78, 5) is 17.1. The van der Waals surface area contributed by atoms with Crippen molar-refractivity contribution in [2.75, 3.05) is 36.0 Å². The summed E-state index contributed by atoms with van der Waals surface area (Å²) in [5.41, 5.74) is 3.26. The molecule has 0 N–H and O–H groups in total. The molecule has 0 unspecified atom stereocenters. The number of hydrogen-bond donors (Lipinski definition) is 0. The molecule has 1 fully saturated rings. The average molecular weight is 326 g/mol. The molecule has 1 aromatic carbocycles. The van der Waals surface area contributed by atoms with Gasteiger partial charge in [-0.2, -0.15) is 0 Å². The number of fused-ring (bicyclic) bond motifs is 1. The molecule has 1 aliphatic heterocycles. The van der Waals surface area contributed by atoms with E-state index >= 15 is 0 Å². The Morgan fingerprint density at radius 2 is 1.74 bits per heavy atom. The van der Waals surface area contributed by atoms with Crippen molar-refractivity contribution in [3.63, 3.8) is 0 Å². The van der Waals surface area contributed by atoms with Gasteiger partial charge in [0.2, 0.25) is 0 Å². The molecule has 1 aliphatic rings. The fraction of sp³-hybridized carbons (Fsp3) is 0.235. The van der Waals surface area contributed by atoms with E-state index in [-0.39, 0.29) is 0 Å². The summed E-state index contributed by atoms with van der Waals surface area (Å²) in [5, 5.41) is 1.79. The molecule has 1 saturated heterocycles. The Kier molecular flexibility index (Phi) is 3.71. The van der Waals surface area contributed by atoms with E-state index in [1.807, 2.05) is 12.3 Å². The Morgan fingerprint density at radius 3 is 2.57 bits per heavy atom. The molecule has 0 amide bonds. The Labute approximate surface area is 139 Å². The van der Waals surface area contributed by atoms with Gasteiger partial charge in [-0.3, -0.25) is 4.98 Å². The SMILES string of the molecule is Clc1cnccc1N1CCN(c2ccc3ncncc3c2)CC1. The average Bonchev–Trinajstić information content (AvgIpc) is 2.62. The molecule has 0 saturated carbocycles. The van der Waals surface area contributed by atoms with E-state index in [1.165, 1.54) is 5.69 Å². The van der Waals surface area contributed by atoms with Gasteiger partial charge in [0.1, 0.15) is 6.33 Å². The lowest BCUT2D eigenvalue weighted by atomic mass is 10.2. The smallest absolute Gasteiger partial charge is 0.116 e. The highest BCUT2D eigenvalue weighted by Gasteiger charge is 2.19. The fourth-order valence-electron chi connectivity index (χ4n) is 3.00. The van der Waals surface area contributed by atoms with Gasteiger partial charge in [0, 0.05) is 55.8 Å². The van der Waals surface area contributed by atoms with E-state index < -0.39 is 0 Å². The molecule has 3 heterocycles. The van der Waals surface area contributed by atoms with Crippen LogP contribution in [0.5, 0.6) is 0 Å². The van der Waals surface area contributed by atoms with Crippen LogP contribution in [0.3, 0.4) is 0 Å². The summed E-state index contributed by atoms with van der Waals surface area (Å²) in [7, 11) is 0. The van der Waals surface area contributed by atoms with Crippen molar-refractivity contribution in [3.8, 4) is 0 Å². The highest BCUT2D eigenvalue weighted by Crippen LogP contribution is 2.27. The molecule has 6 heteroatoms. The van der Waals surface area contributed by atoms with Crippen LogP contribution in [0.25, 0.3) is 10.9 Å². The Bertz CT molecular complexity index is 830. The summed E-state index contributed by atoms with van der Waals surface area (Å²) < 4.78 is 0. The van der Waals surface area contributed by atoms with Crippen LogP contribution in [0.4, 0.5) is 11.4 Å². The molecule has 0 atom stereocenters. The third kappa shape index (κ3) is 2.80. The van der Waals surface area contributed by atoms with Crippen molar-refractivity contribution in [1.82, 2.24) is 15.0 Å². The maximum atomic E-state index is 6.24. The maximum Gasteiger partial charge on any atom is 0.116 e. The van der Waals surface area contributed by atoms with Gasteiger partial charge in [-0.15, -0.1) is 0 Å². The van der Waals surface area contributed by atoms with Crippen LogP contribution >= 0.6 is 11.6 Å². The first kappa shape index (κ1) is 14.2. The number of anilines is 2. The number of rotatable bonds is 2. The van der Waals surface area contributed by atoms with Gasteiger partial charge in [-0.1, -0.05) is 11.6 Å². The first-order chi connectivity index (χ1) is 11.3. The lowest BCUT2D eigenvalue weighted by molar-refractivity contribution is 0.653. The minimum absolute atomic E-state index is 0.712. The first-order valence-electron chi connectivity index (χ1n) is 7.60. The predicted octanol–water partition coefficient (Wildman–Crippen LogP) is 3.00. The number of aromatic nitrogens is 3. The molecule has 0 aliphatic carbocycles. The molecular weight excluding hydrogens is 310 g/mol. The van der Waals surface area contributed by atoms with Gasteiger partial charge >= 0.3 is 0 Å². The van der Waals surface area contributed by atoms with Gasteiger partial charge in [-0.25, -0.2) is 9.97 Å². The van der Waals surface area contributed by atoms with Crippen LogP contribution in [0, 0.1) is 0 Å². The minimum atomic E-state index is 0.712. The highest BCUT2D eigenvalue weighted by atomic mass is 35.5. The summed E-state index contributed by atoms with van der Waals surface area (Å²) >= 11 is 6.24. The molecule has 2 aromatic heterocycles. The molecule has 4 rings (SSSR count). The number of nitrogens with zero attached hydrogens (tertiary/aromatic N) is 5. The monoisotopic (exact) mass is 325 g/mol. The lowest BCUT2D eigenvalue weighted by Crippen LogP contribution is -2.46. The molecule has 5 nitrogen and oxygen atoms in total. The van der Waals surface area contributed by atoms with Crippen molar-refractivity contribution < 1.29 is 0 Å². The van der Waals surface area contributed by atoms with Gasteiger partial charge in [0.25, 0.3) is 0 Å². The zero-order chi connectivity index (χ0) is 15.6. The normalized spacial score (nSPS) is 15.2. The number of piperazine rings is 1. The summed E-state index contributed by atoms with van der Waals surface area (Å²) in [6.45, 7) is 3.79. The van der Waals surface area contributed by atoms with Gasteiger partial charge in [-0.05, 0) is 24.3 Å². The summed E-state index contributed by atoms with van der Waals surface area (Å²) in [6, 6.07) is 8.32. The van der Waals surface area contributed by atoms with E-state index in [1.54, 1.807) is 18.7 Å². The van der Waals surface area contributed by atoms with Crippen LogP contribution in [0.1, 0.15) is 0 Å². The Morgan fingerprint density at radius 1 is 0.913 bits per heavy atom. The van der Waals surface area contributed by atoms with Crippen molar-refractivity contribution in [3.05, 3.63) is 54.2 Å². The fourth-order valence-corrected chi connectivity index (χ4v) is 3.24. The first-order valence-corrected chi connectivity index (χ1v) is 7.98. The van der Waals surface area contributed by atoms with Crippen LogP contribution < -0.4 is 9.80 Å². The maximum absolute atomic E-state index is 6.24. The number of benzene rings is 1. The minimum Gasteiger partial charge on any atom is -0.368 e. The van der Waals surface area contributed by atoms with Crippen LogP contribution in [0.2, 0.25) is 5.02 Å². The van der Waals surface area contributed by atoms with E-state index in [0.717, 1.165) is 42.8 Å².